The Labute approximate surface area is 156 Å². The highest BCUT2D eigenvalue weighted by molar-refractivity contribution is 5.82. The van der Waals surface area contributed by atoms with Gasteiger partial charge in [-0.2, -0.15) is 4.98 Å². The van der Waals surface area contributed by atoms with E-state index in [-0.39, 0.29) is 17.8 Å². The number of carbonyl (C=O) groups is 1. The summed E-state index contributed by atoms with van der Waals surface area (Å²) in [5.74, 6) is 0.465. The molecule has 0 unspecified atom stereocenters. The zero-order chi connectivity index (χ0) is 18.8. The average molecular weight is 366 g/mol. The Morgan fingerprint density at radius 1 is 1.22 bits per heavy atom. The lowest BCUT2D eigenvalue weighted by Crippen LogP contribution is -2.49. The molecule has 138 valence electrons. The Morgan fingerprint density at radius 3 is 2.70 bits per heavy atom. The fourth-order valence-corrected chi connectivity index (χ4v) is 3.38. The first-order chi connectivity index (χ1) is 13.1. The van der Waals surface area contributed by atoms with Gasteiger partial charge in [-0.25, -0.2) is 4.39 Å². The van der Waals surface area contributed by atoms with Crippen molar-refractivity contribution in [2.75, 3.05) is 7.05 Å². The van der Waals surface area contributed by atoms with Crippen LogP contribution < -0.4 is 5.32 Å². The fourth-order valence-electron chi connectivity index (χ4n) is 3.38. The summed E-state index contributed by atoms with van der Waals surface area (Å²) in [4.78, 5) is 18.8. The van der Waals surface area contributed by atoms with Gasteiger partial charge in [0.15, 0.2) is 0 Å². The number of amides is 1. The molecule has 6 nitrogen and oxygen atoms in total. The molecule has 1 N–H and O–H groups in total. The molecule has 0 saturated carbocycles. The van der Waals surface area contributed by atoms with Gasteiger partial charge in [0.25, 0.3) is 0 Å². The van der Waals surface area contributed by atoms with Crippen LogP contribution in [0.2, 0.25) is 0 Å². The third-order valence-electron chi connectivity index (χ3n) is 4.80. The van der Waals surface area contributed by atoms with Crippen LogP contribution in [0.4, 0.5) is 4.39 Å². The van der Waals surface area contributed by atoms with Crippen molar-refractivity contribution >= 4 is 5.91 Å². The van der Waals surface area contributed by atoms with Crippen molar-refractivity contribution in [3.8, 4) is 11.4 Å². The van der Waals surface area contributed by atoms with Crippen LogP contribution in [0.5, 0.6) is 0 Å². The Bertz CT molecular complexity index is 955. The van der Waals surface area contributed by atoms with Gasteiger partial charge in [0.05, 0.1) is 12.6 Å². The normalized spacial score (nSPS) is 16.7. The summed E-state index contributed by atoms with van der Waals surface area (Å²) in [5.41, 5.74) is 3.05. The number of nitrogens with one attached hydrogen (secondary N) is 1. The summed E-state index contributed by atoms with van der Waals surface area (Å²) >= 11 is 0. The van der Waals surface area contributed by atoms with Crippen LogP contribution in [0.15, 0.2) is 53.1 Å². The largest absolute Gasteiger partial charge is 0.358 e. The van der Waals surface area contributed by atoms with E-state index in [2.05, 4.69) is 27.6 Å². The van der Waals surface area contributed by atoms with Gasteiger partial charge in [0.2, 0.25) is 17.6 Å². The number of nitrogens with zero attached hydrogens (tertiary/aromatic N) is 3. The number of rotatable bonds is 4. The summed E-state index contributed by atoms with van der Waals surface area (Å²) < 4.78 is 18.5. The van der Waals surface area contributed by atoms with E-state index in [0.717, 1.165) is 0 Å². The van der Waals surface area contributed by atoms with Gasteiger partial charge < -0.3 is 9.84 Å². The van der Waals surface area contributed by atoms with Crippen molar-refractivity contribution in [3.05, 3.63) is 71.4 Å². The first-order valence-corrected chi connectivity index (χ1v) is 8.75. The van der Waals surface area contributed by atoms with Crippen molar-refractivity contribution in [1.82, 2.24) is 20.4 Å². The fraction of sp³-hybridized carbons (Fsp3) is 0.250. The zero-order valence-electron chi connectivity index (χ0n) is 14.9. The highest BCUT2D eigenvalue weighted by atomic mass is 19.1. The summed E-state index contributed by atoms with van der Waals surface area (Å²) in [6, 6.07) is 13.7. The molecule has 0 radical (unpaired) electrons. The third-order valence-corrected chi connectivity index (χ3v) is 4.80. The lowest BCUT2D eigenvalue weighted by molar-refractivity contribution is -0.127. The van der Waals surface area contributed by atoms with Crippen LogP contribution in [0.25, 0.3) is 11.4 Å². The van der Waals surface area contributed by atoms with Gasteiger partial charge >= 0.3 is 0 Å². The van der Waals surface area contributed by atoms with Gasteiger partial charge in [-0.15, -0.1) is 0 Å². The molecule has 2 aromatic carbocycles. The second-order valence-electron chi connectivity index (χ2n) is 6.53. The zero-order valence-corrected chi connectivity index (χ0v) is 14.9. The average Bonchev–Trinajstić information content (AvgIpc) is 3.16. The van der Waals surface area contributed by atoms with E-state index in [1.165, 1.54) is 23.3 Å². The maximum Gasteiger partial charge on any atom is 0.241 e. The van der Waals surface area contributed by atoms with E-state index in [1.807, 2.05) is 17.0 Å². The molecule has 1 amide bonds. The van der Waals surface area contributed by atoms with E-state index in [4.69, 9.17) is 4.52 Å². The number of carbonyl (C=O) groups excluding carboxylic acids is 1. The van der Waals surface area contributed by atoms with E-state index >= 15 is 0 Å². The first-order valence-electron chi connectivity index (χ1n) is 8.75. The highest BCUT2D eigenvalue weighted by Gasteiger charge is 2.32. The molecule has 1 aliphatic heterocycles. The number of fused-ring (bicyclic) bond motifs is 1. The second-order valence-corrected chi connectivity index (χ2v) is 6.53. The van der Waals surface area contributed by atoms with Crippen LogP contribution in [-0.4, -0.2) is 34.0 Å². The van der Waals surface area contributed by atoms with Gasteiger partial charge in [-0.3, -0.25) is 9.69 Å². The number of hydrogen-bond donors (Lipinski definition) is 1. The minimum absolute atomic E-state index is 0.0391. The summed E-state index contributed by atoms with van der Waals surface area (Å²) in [7, 11) is 1.64. The van der Waals surface area contributed by atoms with Crippen LogP contribution in [0.3, 0.4) is 0 Å². The lowest BCUT2D eigenvalue weighted by atomic mass is 9.93. The third kappa shape index (κ3) is 3.59. The Morgan fingerprint density at radius 2 is 1.96 bits per heavy atom. The molecule has 1 aromatic heterocycles. The molecule has 0 spiro atoms. The standard InChI is InChI=1S/C20H19FN4O2/c1-22-20(26)17-10-14-4-2-3-5-15(14)11-25(17)12-18-23-19(24-27-18)13-6-8-16(21)9-7-13/h2-9,17H,10-12H2,1H3,(H,22,26)/t17-/m1/s1. The van der Waals surface area contributed by atoms with Crippen LogP contribution >= 0.6 is 0 Å². The first kappa shape index (κ1) is 17.4. The minimum Gasteiger partial charge on any atom is -0.358 e. The quantitative estimate of drug-likeness (QED) is 0.768. The highest BCUT2D eigenvalue weighted by Crippen LogP contribution is 2.25. The maximum absolute atomic E-state index is 13.1. The van der Waals surface area contributed by atoms with Crippen molar-refractivity contribution in [3.63, 3.8) is 0 Å². The van der Waals surface area contributed by atoms with E-state index in [0.29, 0.717) is 36.8 Å². The van der Waals surface area contributed by atoms with Crippen LogP contribution in [-0.2, 0) is 24.3 Å². The molecule has 1 aliphatic rings. The van der Waals surface area contributed by atoms with Crippen molar-refractivity contribution < 1.29 is 13.7 Å². The van der Waals surface area contributed by atoms with Crippen LogP contribution in [0, 0.1) is 5.82 Å². The number of hydrogen-bond acceptors (Lipinski definition) is 5. The lowest BCUT2D eigenvalue weighted by Gasteiger charge is -2.34. The van der Waals surface area contributed by atoms with Crippen molar-refractivity contribution in [2.45, 2.75) is 25.6 Å². The second kappa shape index (κ2) is 7.28. The molecular formula is C20H19FN4O2. The molecule has 0 aliphatic carbocycles. The predicted octanol–water partition coefficient (Wildman–Crippen LogP) is 2.55. The van der Waals surface area contributed by atoms with Gasteiger partial charge in [-0.05, 0) is 41.8 Å². The van der Waals surface area contributed by atoms with E-state index in [9.17, 15) is 9.18 Å². The Balaban J connectivity index is 1.57. The summed E-state index contributed by atoms with van der Waals surface area (Å²) in [5, 5.41) is 6.72. The number of aromatic nitrogens is 2. The molecule has 0 fully saturated rings. The molecule has 3 aromatic rings. The number of benzene rings is 2. The smallest absolute Gasteiger partial charge is 0.241 e. The molecule has 1 atom stereocenters. The maximum atomic E-state index is 13.1. The molecule has 4 rings (SSSR count). The van der Waals surface area contributed by atoms with Gasteiger partial charge in [0.1, 0.15) is 5.82 Å². The minimum atomic E-state index is -0.317. The topological polar surface area (TPSA) is 71.3 Å². The number of halogens is 1. The predicted molar refractivity (Wildman–Crippen MR) is 96.9 cm³/mol. The van der Waals surface area contributed by atoms with Crippen molar-refractivity contribution in [2.24, 2.45) is 0 Å². The van der Waals surface area contributed by atoms with Crippen molar-refractivity contribution in [1.29, 1.82) is 0 Å². The van der Waals surface area contributed by atoms with Gasteiger partial charge in [-0.1, -0.05) is 29.4 Å². The molecule has 0 bridgehead atoms. The Hall–Kier alpha value is -3.06. The molecule has 2 heterocycles. The van der Waals surface area contributed by atoms with Crippen LogP contribution in [0.1, 0.15) is 17.0 Å². The monoisotopic (exact) mass is 366 g/mol. The van der Waals surface area contributed by atoms with E-state index in [1.54, 1.807) is 19.2 Å². The SMILES string of the molecule is CNC(=O)[C@H]1Cc2ccccc2CN1Cc1nc(-c2ccc(F)cc2)no1. The molecule has 27 heavy (non-hydrogen) atoms. The number of likely N-dealkylation sites (N-methyl/N-ethyl adjacent to an activating group) is 1. The summed E-state index contributed by atoms with van der Waals surface area (Å²) in [6.07, 6.45) is 0.634. The Kier molecular flexibility index (Phi) is 4.68. The molecular weight excluding hydrogens is 347 g/mol. The van der Waals surface area contributed by atoms with E-state index < -0.39 is 0 Å². The van der Waals surface area contributed by atoms with Gasteiger partial charge in [0, 0.05) is 19.2 Å². The molecule has 0 saturated heterocycles. The molecule has 7 heteroatoms. The summed E-state index contributed by atoms with van der Waals surface area (Å²) in [6.45, 7) is 0.989.